The Kier molecular flexibility index (Phi) is 22.5. The number of phenols is 2. The van der Waals surface area contributed by atoms with Crippen LogP contribution in [0.15, 0.2) is 163 Å². The number of nitrogens with two attached hydrogens (primary N) is 3. The zero-order valence-corrected chi connectivity index (χ0v) is 55.4. The van der Waals surface area contributed by atoms with Crippen molar-refractivity contribution in [2.75, 3.05) is 56.5 Å². The lowest BCUT2D eigenvalue weighted by Gasteiger charge is -2.21. The average Bonchev–Trinajstić information content (AvgIpc) is 1.70. The Morgan fingerprint density at radius 3 is 1.59 bits per heavy atom. The Balaban J connectivity index is 0.000000138. The highest BCUT2D eigenvalue weighted by Crippen LogP contribution is 2.39. The van der Waals surface area contributed by atoms with Crippen LogP contribution in [0.25, 0.3) is 43.6 Å². The van der Waals surface area contributed by atoms with E-state index >= 15 is 0 Å². The summed E-state index contributed by atoms with van der Waals surface area (Å²) in [4.78, 5) is 52.8. The number of pyridine rings is 3. The fraction of sp³-hybridized carbons (Fsp3) is 0.219. The molecule has 0 saturated heterocycles. The molecule has 7 heterocycles. The molecule has 504 valence electrons. The molecule has 16 rings (SSSR count). The van der Waals surface area contributed by atoms with Gasteiger partial charge in [-0.3, -0.25) is 29.3 Å². The van der Waals surface area contributed by atoms with Crippen molar-refractivity contribution in [2.45, 2.75) is 64.5 Å². The molecule has 0 spiro atoms. The predicted molar refractivity (Wildman–Crippen MR) is 390 cm³/mol. The van der Waals surface area contributed by atoms with E-state index in [1.54, 1.807) is 91.4 Å². The molecular weight excluding hydrogens is 1300 g/mol. The number of fused-ring (bicyclic) bond motifs is 7. The second-order valence-electron chi connectivity index (χ2n) is 22.9. The molecule has 4 aromatic heterocycles. The van der Waals surface area contributed by atoms with E-state index in [0.717, 1.165) is 77.7 Å². The maximum Gasteiger partial charge on any atom is 0.252 e. The molecule has 98 heavy (non-hydrogen) atoms. The minimum atomic E-state index is -0.568. The summed E-state index contributed by atoms with van der Waals surface area (Å²) >= 11 is 15.9. The van der Waals surface area contributed by atoms with Gasteiger partial charge in [0.1, 0.15) is 51.7 Å². The first-order valence-electron chi connectivity index (χ1n) is 31.0. The van der Waals surface area contributed by atoms with Crippen molar-refractivity contribution in [3.8, 4) is 51.7 Å². The summed E-state index contributed by atoms with van der Waals surface area (Å²) in [6.45, 7) is 2.80. The molecule has 0 bridgehead atoms. The molecule has 12 N–H and O–H groups in total. The van der Waals surface area contributed by atoms with E-state index in [-0.39, 0.29) is 13.0 Å². The first-order chi connectivity index (χ1) is 47.0. The van der Waals surface area contributed by atoms with Crippen LogP contribution in [0, 0.1) is 0 Å². The number of carbonyl (C=O) groups excluding carboxylic acids is 3. The van der Waals surface area contributed by atoms with Crippen molar-refractivity contribution >= 4 is 120 Å². The normalized spacial score (nSPS) is 13.3. The van der Waals surface area contributed by atoms with Crippen molar-refractivity contribution in [3.05, 3.63) is 197 Å². The summed E-state index contributed by atoms with van der Waals surface area (Å²) in [5.41, 5.74) is 27.2. The van der Waals surface area contributed by atoms with Crippen molar-refractivity contribution in [1.29, 1.82) is 0 Å². The number of nitrogens with one attached hydrogen (secondary N) is 4. The van der Waals surface area contributed by atoms with Crippen LogP contribution in [0.4, 0.5) is 17.1 Å². The summed E-state index contributed by atoms with van der Waals surface area (Å²) < 4.78 is 31.4. The number of phenolic OH excluding ortho intramolecular Hbond substituents is 2. The highest BCUT2D eigenvalue weighted by atomic mass is 35.5. The zero-order valence-electron chi connectivity index (χ0n) is 53.1. The molecule has 2 fully saturated rings. The number of rotatable bonds is 12. The molecule has 0 unspecified atom stereocenters. The number of nitrogens with zero attached hydrogens (tertiary/aromatic N) is 5. The van der Waals surface area contributed by atoms with Crippen LogP contribution in [-0.2, 0) is 31.7 Å². The van der Waals surface area contributed by atoms with Gasteiger partial charge in [-0.15, -0.1) is 0 Å². The minimum absolute atomic E-state index is 0. The first kappa shape index (κ1) is 69.7. The van der Waals surface area contributed by atoms with Gasteiger partial charge in [0.05, 0.1) is 65.6 Å². The quantitative estimate of drug-likeness (QED) is 0.0405. The van der Waals surface area contributed by atoms with Crippen LogP contribution in [0.1, 0.15) is 80.9 Å². The summed E-state index contributed by atoms with van der Waals surface area (Å²) in [5.74, 6) is 2.84. The van der Waals surface area contributed by atoms with Crippen LogP contribution in [0.5, 0.6) is 51.7 Å². The second-order valence-corrected chi connectivity index (χ2v) is 23.9. The Hall–Kier alpha value is -11.1. The Bertz CT molecular complexity index is 4800. The summed E-state index contributed by atoms with van der Waals surface area (Å²) in [5, 5.41) is 32.5. The van der Waals surface area contributed by atoms with Crippen molar-refractivity contribution in [1.82, 2.24) is 25.3 Å². The number of aromatic hydroxyl groups is 2. The number of thiocarbonyl (C=S) groups is 1. The molecule has 3 amide bonds. The number of halogens is 1. The van der Waals surface area contributed by atoms with E-state index in [9.17, 15) is 14.4 Å². The number of aromatic nitrogens is 4. The summed E-state index contributed by atoms with van der Waals surface area (Å²) in [6, 6.07) is 40.8. The molecule has 5 aliphatic rings. The van der Waals surface area contributed by atoms with Gasteiger partial charge in [-0.2, -0.15) is 0 Å². The minimum Gasteiger partial charge on any atom is -0.508 e. The number of methoxy groups -OCH3 is 3. The molecule has 0 radical (unpaired) electrons. The molecule has 2 saturated carbocycles. The van der Waals surface area contributed by atoms with Gasteiger partial charge in [-0.1, -0.05) is 19.0 Å². The van der Waals surface area contributed by atoms with E-state index in [1.165, 1.54) is 63.7 Å². The third-order valence-corrected chi connectivity index (χ3v) is 17.2. The maximum atomic E-state index is 11.8. The van der Waals surface area contributed by atoms with E-state index in [4.69, 9.17) is 74.9 Å². The van der Waals surface area contributed by atoms with Crippen molar-refractivity contribution in [2.24, 2.45) is 21.6 Å². The third kappa shape index (κ3) is 16.9. The smallest absolute Gasteiger partial charge is 0.252 e. The number of hydrogen-bond donors (Lipinski definition) is 9. The molecule has 0 atom stereocenters. The monoisotopic (exact) mass is 1380 g/mol. The maximum absolute atomic E-state index is 11.8. The number of hydrogen-bond acceptors (Lipinski definition) is 18. The number of H-pyrrole nitrogens is 1. The lowest BCUT2D eigenvalue weighted by atomic mass is 10.1. The van der Waals surface area contributed by atoms with Gasteiger partial charge in [0.2, 0.25) is 0 Å². The topological polar surface area (TPSA) is 322 Å². The van der Waals surface area contributed by atoms with Crippen LogP contribution in [0.2, 0.25) is 5.02 Å². The summed E-state index contributed by atoms with van der Waals surface area (Å²) in [6.07, 6.45) is 14.5. The van der Waals surface area contributed by atoms with Gasteiger partial charge in [0.15, 0.2) is 5.11 Å². The lowest BCUT2D eigenvalue weighted by Crippen LogP contribution is -2.39. The van der Waals surface area contributed by atoms with Gasteiger partial charge in [0.25, 0.3) is 17.7 Å². The van der Waals surface area contributed by atoms with E-state index in [2.05, 4.69) is 57.6 Å². The molecule has 7 aromatic carbocycles. The zero-order chi connectivity index (χ0) is 68.3. The van der Waals surface area contributed by atoms with Crippen molar-refractivity contribution < 1.29 is 48.3 Å². The number of benzene rings is 7. The molecular formula is C73H73ClN12O10S2. The van der Waals surface area contributed by atoms with Gasteiger partial charge in [-0.05, 0) is 189 Å². The largest absolute Gasteiger partial charge is 0.508 e. The van der Waals surface area contributed by atoms with Crippen molar-refractivity contribution in [3.63, 3.8) is 0 Å². The highest BCUT2D eigenvalue weighted by Gasteiger charge is 2.28. The fourth-order valence-electron chi connectivity index (χ4n) is 10.9. The van der Waals surface area contributed by atoms with Gasteiger partial charge < -0.3 is 76.9 Å². The average molecular weight is 1380 g/mol. The molecule has 2 aliphatic carbocycles. The molecule has 3 aliphatic heterocycles. The number of aromatic amines is 1. The fourth-order valence-corrected chi connectivity index (χ4v) is 11.7. The van der Waals surface area contributed by atoms with Gasteiger partial charge in [0, 0.05) is 125 Å². The standard InChI is InChI=1S/C23H22N4O3S.C19H17N3O3.C11H9ClN2O2.C8H9NO.C8H7NO.C3H5NS.CH4/c1-29-21-12-18-16(11-17(21)22(24)28)20(6-8-25-18)30-15-4-5-19-13(10-15)7-9-27(19)23(31)26-14-2-3-14;1-24-18-10-16-13(9-14(18)19(20)23)17(5-7-22-16)25-12-2-3-15-11(8-12)4-6-21-15;1-16-10-5-9-6(4-7(10)11(13)15)8(12)2-3-14-9;2*10-7-1-2-8-6(5-7)3-4-9-8;5-4-3-1-2-3;/h4-6,8,10-12,14H,2-3,7,9H2,1H3,(H2,24,28)(H,26,31);2-3,5,7-10,21H,4,6H2,1H3,(H2,20,23);2-5H,1H3,(H2,13,15);1-2,5,9-10H,3-4H2;1-5,9-10H;3H,1-2H2;1H4. The Labute approximate surface area is 580 Å². The van der Waals surface area contributed by atoms with Gasteiger partial charge in [-0.25, -0.2) is 4.36 Å². The van der Waals surface area contributed by atoms with Crippen LogP contribution >= 0.6 is 23.8 Å². The Morgan fingerprint density at radius 2 is 1.07 bits per heavy atom. The van der Waals surface area contributed by atoms with E-state index < -0.39 is 17.7 Å². The number of carbonyl (C=O) groups is 3. The van der Waals surface area contributed by atoms with Crippen LogP contribution in [0.3, 0.4) is 0 Å². The van der Waals surface area contributed by atoms with E-state index in [1.807, 2.05) is 66.9 Å². The predicted octanol–water partition coefficient (Wildman–Crippen LogP) is 13.4. The molecule has 22 nitrogen and oxygen atoms in total. The van der Waals surface area contributed by atoms with Crippen LogP contribution in [-0.4, -0.2) is 106 Å². The third-order valence-electron chi connectivity index (χ3n) is 16.2. The number of anilines is 3. The number of ether oxygens (including phenoxy) is 5. The highest BCUT2D eigenvalue weighted by molar-refractivity contribution is 7.80. The SMILES string of the molecule is C.COc1cc2nccc(Cl)c2cc1C(N)=O.COc1cc2nccc(Oc3ccc4c(c3)CCN4)c2cc1C(N)=O.COc1cc2nccc(Oc3ccc4c(c3)CCN4C(=S)NC3CC3)c2cc1C(N)=O.Oc1ccc2[nH]ccc2c1.Oc1ccc2c(c1)CCN2.S=NC1CC1. The number of primary amides is 3. The van der Waals surface area contributed by atoms with Crippen LogP contribution < -0.4 is 61.7 Å². The molecule has 11 aromatic rings. The molecule has 25 heteroatoms. The number of amides is 3. The Morgan fingerprint density at radius 1 is 0.582 bits per heavy atom. The first-order valence-corrected chi connectivity index (χ1v) is 32.2. The second kappa shape index (κ2) is 31.6. The lowest BCUT2D eigenvalue weighted by molar-refractivity contribution is 0.0989. The van der Waals surface area contributed by atoms with E-state index in [0.29, 0.717) is 107 Å². The van der Waals surface area contributed by atoms with Gasteiger partial charge >= 0.3 is 0 Å². The summed E-state index contributed by atoms with van der Waals surface area (Å²) in [7, 11) is 4.46.